The van der Waals surface area contributed by atoms with Crippen molar-refractivity contribution in [2.24, 2.45) is 0 Å². The lowest BCUT2D eigenvalue weighted by Crippen LogP contribution is -2.16. The van der Waals surface area contributed by atoms with Gasteiger partial charge in [0.15, 0.2) is 11.0 Å². The molecule has 0 unspecified atom stereocenters. The molecular weight excluding hydrogens is 430 g/mol. The van der Waals surface area contributed by atoms with E-state index in [1.54, 1.807) is 13.0 Å². The first-order valence-corrected chi connectivity index (χ1v) is 11.1. The van der Waals surface area contributed by atoms with Gasteiger partial charge >= 0.3 is 0 Å². The monoisotopic (exact) mass is 455 g/mol. The fourth-order valence-electron chi connectivity index (χ4n) is 3.19. The summed E-state index contributed by atoms with van der Waals surface area (Å²) in [5.41, 5.74) is 3.20. The SMILES string of the molecule is CCn1c(COc2c(C)cccc2C)nnc1SCC(=O)Nc1cc([N+](=O)[O-])ccc1C. The van der Waals surface area contributed by atoms with Crippen molar-refractivity contribution in [1.82, 2.24) is 14.8 Å². The van der Waals surface area contributed by atoms with Gasteiger partial charge in [-0.25, -0.2) is 0 Å². The molecule has 0 fully saturated rings. The fraction of sp³-hybridized carbons (Fsp3) is 0.318. The van der Waals surface area contributed by atoms with Crippen molar-refractivity contribution >= 4 is 29.0 Å². The summed E-state index contributed by atoms with van der Waals surface area (Å²) in [6, 6.07) is 10.4. The third kappa shape index (κ3) is 5.44. The molecule has 0 atom stereocenters. The van der Waals surface area contributed by atoms with E-state index in [9.17, 15) is 14.9 Å². The van der Waals surface area contributed by atoms with Crippen molar-refractivity contribution in [3.63, 3.8) is 0 Å². The number of nitrogens with zero attached hydrogens (tertiary/aromatic N) is 4. The van der Waals surface area contributed by atoms with Crippen molar-refractivity contribution in [2.75, 3.05) is 11.1 Å². The van der Waals surface area contributed by atoms with Crippen molar-refractivity contribution < 1.29 is 14.5 Å². The Balaban J connectivity index is 1.63. The normalized spacial score (nSPS) is 10.8. The van der Waals surface area contributed by atoms with Gasteiger partial charge in [-0.05, 0) is 44.4 Å². The Bertz CT molecular complexity index is 1130. The maximum absolute atomic E-state index is 12.4. The number of anilines is 1. The molecule has 0 aliphatic rings. The summed E-state index contributed by atoms with van der Waals surface area (Å²) in [7, 11) is 0. The number of nitro benzene ring substituents is 1. The topological polar surface area (TPSA) is 112 Å². The van der Waals surface area contributed by atoms with Gasteiger partial charge in [-0.2, -0.15) is 0 Å². The number of aryl methyl sites for hydroxylation is 3. The van der Waals surface area contributed by atoms with E-state index in [2.05, 4.69) is 15.5 Å². The quantitative estimate of drug-likeness (QED) is 0.288. The number of rotatable bonds is 9. The van der Waals surface area contributed by atoms with Crippen LogP contribution in [-0.4, -0.2) is 31.3 Å². The van der Waals surface area contributed by atoms with Gasteiger partial charge in [0.05, 0.1) is 16.4 Å². The lowest BCUT2D eigenvalue weighted by atomic mass is 10.1. The first-order chi connectivity index (χ1) is 15.3. The number of thioether (sulfide) groups is 1. The molecule has 0 spiro atoms. The molecular formula is C22H25N5O4S. The summed E-state index contributed by atoms with van der Waals surface area (Å²) in [6.07, 6.45) is 0. The molecule has 168 valence electrons. The van der Waals surface area contributed by atoms with Gasteiger partial charge < -0.3 is 14.6 Å². The highest BCUT2D eigenvalue weighted by Crippen LogP contribution is 2.25. The molecule has 1 aromatic heterocycles. The maximum atomic E-state index is 12.4. The highest BCUT2D eigenvalue weighted by Gasteiger charge is 2.16. The predicted molar refractivity (Wildman–Crippen MR) is 123 cm³/mol. The number of hydrogen-bond acceptors (Lipinski definition) is 7. The molecule has 0 radical (unpaired) electrons. The molecule has 0 aliphatic carbocycles. The second-order valence-corrected chi connectivity index (χ2v) is 8.19. The Morgan fingerprint density at radius 1 is 1.16 bits per heavy atom. The smallest absolute Gasteiger partial charge is 0.271 e. The van der Waals surface area contributed by atoms with Crippen LogP contribution in [0.15, 0.2) is 41.6 Å². The second-order valence-electron chi connectivity index (χ2n) is 7.25. The summed E-state index contributed by atoms with van der Waals surface area (Å²) >= 11 is 1.25. The van der Waals surface area contributed by atoms with Gasteiger partial charge in [0.25, 0.3) is 5.69 Å². The van der Waals surface area contributed by atoms with Crippen LogP contribution in [0, 0.1) is 30.9 Å². The van der Waals surface area contributed by atoms with Crippen LogP contribution in [0.1, 0.15) is 29.4 Å². The minimum Gasteiger partial charge on any atom is -0.485 e. The van der Waals surface area contributed by atoms with Crippen LogP contribution in [0.5, 0.6) is 5.75 Å². The van der Waals surface area contributed by atoms with Crippen molar-refractivity contribution in [3.05, 3.63) is 69.0 Å². The first kappa shape index (κ1) is 23.3. The van der Waals surface area contributed by atoms with Crippen LogP contribution >= 0.6 is 11.8 Å². The summed E-state index contributed by atoms with van der Waals surface area (Å²) in [5, 5.41) is 22.8. The third-order valence-corrected chi connectivity index (χ3v) is 5.87. The molecule has 10 heteroatoms. The number of amides is 1. The second kappa shape index (κ2) is 10.3. The zero-order valence-corrected chi connectivity index (χ0v) is 19.2. The maximum Gasteiger partial charge on any atom is 0.271 e. The number of para-hydroxylation sites is 1. The van der Waals surface area contributed by atoms with Gasteiger partial charge in [0.2, 0.25) is 5.91 Å². The van der Waals surface area contributed by atoms with Gasteiger partial charge in [-0.15, -0.1) is 10.2 Å². The lowest BCUT2D eigenvalue weighted by molar-refractivity contribution is -0.384. The molecule has 1 amide bonds. The van der Waals surface area contributed by atoms with Gasteiger partial charge in [-0.1, -0.05) is 36.0 Å². The summed E-state index contributed by atoms with van der Waals surface area (Å²) < 4.78 is 7.90. The summed E-state index contributed by atoms with van der Waals surface area (Å²) in [6.45, 7) is 8.65. The number of nitrogens with one attached hydrogen (secondary N) is 1. The Morgan fingerprint density at radius 3 is 2.53 bits per heavy atom. The fourth-order valence-corrected chi connectivity index (χ4v) is 4.01. The van der Waals surface area contributed by atoms with Gasteiger partial charge in [0.1, 0.15) is 12.4 Å². The highest BCUT2D eigenvalue weighted by atomic mass is 32.2. The summed E-state index contributed by atoms with van der Waals surface area (Å²) in [5.74, 6) is 1.32. The van der Waals surface area contributed by atoms with Crippen LogP contribution in [-0.2, 0) is 17.9 Å². The molecule has 1 heterocycles. The minimum absolute atomic E-state index is 0.0715. The Hall–Kier alpha value is -3.40. The van der Waals surface area contributed by atoms with E-state index < -0.39 is 4.92 Å². The number of carbonyl (C=O) groups is 1. The van der Waals surface area contributed by atoms with E-state index in [1.165, 1.54) is 23.9 Å². The highest BCUT2D eigenvalue weighted by molar-refractivity contribution is 7.99. The summed E-state index contributed by atoms with van der Waals surface area (Å²) in [4.78, 5) is 22.9. The Kier molecular flexibility index (Phi) is 7.47. The van der Waals surface area contributed by atoms with Gasteiger partial charge in [0, 0.05) is 18.7 Å². The lowest BCUT2D eigenvalue weighted by Gasteiger charge is -2.12. The number of hydrogen-bond donors (Lipinski definition) is 1. The Morgan fingerprint density at radius 2 is 1.88 bits per heavy atom. The van der Waals surface area contributed by atoms with E-state index in [-0.39, 0.29) is 24.0 Å². The molecule has 0 saturated heterocycles. The van der Waals surface area contributed by atoms with Crippen molar-refractivity contribution in [1.29, 1.82) is 0 Å². The Labute approximate surface area is 190 Å². The number of non-ortho nitro benzene ring substituents is 1. The standard InChI is InChI=1S/C22H25N5O4S/c1-5-26-19(12-31-21-15(3)7-6-8-16(21)4)24-25-22(26)32-13-20(28)23-18-11-17(27(29)30)10-9-14(18)2/h6-11H,5,12-13H2,1-4H3,(H,23,28). The molecule has 32 heavy (non-hydrogen) atoms. The van der Waals surface area contributed by atoms with E-state index in [1.807, 2.05) is 43.5 Å². The van der Waals surface area contributed by atoms with E-state index >= 15 is 0 Å². The largest absolute Gasteiger partial charge is 0.485 e. The van der Waals surface area contributed by atoms with Crippen LogP contribution in [0.4, 0.5) is 11.4 Å². The number of nitro groups is 1. The zero-order valence-electron chi connectivity index (χ0n) is 18.4. The molecule has 9 nitrogen and oxygen atoms in total. The van der Waals surface area contributed by atoms with Crippen LogP contribution < -0.4 is 10.1 Å². The van der Waals surface area contributed by atoms with Crippen molar-refractivity contribution in [2.45, 2.75) is 46.0 Å². The molecule has 0 saturated carbocycles. The van der Waals surface area contributed by atoms with E-state index in [0.29, 0.717) is 23.2 Å². The van der Waals surface area contributed by atoms with Gasteiger partial charge in [-0.3, -0.25) is 14.9 Å². The third-order valence-electron chi connectivity index (χ3n) is 4.90. The molecule has 3 aromatic rings. The van der Waals surface area contributed by atoms with Crippen LogP contribution in [0.2, 0.25) is 0 Å². The number of carbonyl (C=O) groups excluding carboxylic acids is 1. The average molecular weight is 456 g/mol. The number of aromatic nitrogens is 3. The van der Waals surface area contributed by atoms with Crippen LogP contribution in [0.3, 0.4) is 0 Å². The van der Waals surface area contributed by atoms with E-state index in [4.69, 9.17) is 4.74 Å². The zero-order chi connectivity index (χ0) is 23.3. The molecule has 2 aromatic carbocycles. The molecule has 1 N–H and O–H groups in total. The first-order valence-electron chi connectivity index (χ1n) is 10.1. The molecule has 0 aliphatic heterocycles. The van der Waals surface area contributed by atoms with Crippen LogP contribution in [0.25, 0.3) is 0 Å². The number of benzene rings is 2. The van der Waals surface area contributed by atoms with Crippen molar-refractivity contribution in [3.8, 4) is 5.75 Å². The average Bonchev–Trinajstić information content (AvgIpc) is 3.15. The molecule has 0 bridgehead atoms. The minimum atomic E-state index is -0.490. The number of ether oxygens (including phenoxy) is 1. The molecule has 3 rings (SSSR count). The predicted octanol–water partition coefficient (Wildman–Crippen LogP) is 4.44. The van der Waals surface area contributed by atoms with E-state index in [0.717, 1.165) is 22.4 Å².